The fourth-order valence-corrected chi connectivity index (χ4v) is 1.92. The first-order valence-electron chi connectivity index (χ1n) is 3.57. The number of aromatic carboxylic acids is 1. The molecule has 0 unspecified atom stereocenters. The fourth-order valence-electron chi connectivity index (χ4n) is 1.08. The molecule has 2 rings (SSSR count). The summed E-state index contributed by atoms with van der Waals surface area (Å²) in [6.07, 6.45) is 0. The molecule has 13 heavy (non-hydrogen) atoms. The quantitative estimate of drug-likeness (QED) is 0.624. The summed E-state index contributed by atoms with van der Waals surface area (Å²) < 4.78 is 0. The predicted molar refractivity (Wildman–Crippen MR) is 48.4 cm³/mol. The number of nitrogens with one attached hydrogen (secondary N) is 2. The normalized spacial score (nSPS) is 14.3. The lowest BCUT2D eigenvalue weighted by atomic mass is 10.3. The molecule has 1 aliphatic heterocycles. The summed E-state index contributed by atoms with van der Waals surface area (Å²) in [5.41, 5.74) is 0.554. The Hall–Kier alpha value is -1.56. The third-order valence-corrected chi connectivity index (χ3v) is 2.71. The van der Waals surface area contributed by atoms with E-state index in [2.05, 4.69) is 10.6 Å². The number of carbonyl (C=O) groups is 2. The fraction of sp³-hybridized carbons (Fsp3) is 0.143. The average Bonchev–Trinajstić information content (AvgIpc) is 2.46. The predicted octanol–water partition coefficient (Wildman–Crippen LogP) is 0.810. The first kappa shape index (κ1) is 8.06. The monoisotopic (exact) mass is 198 g/mol. The largest absolute Gasteiger partial charge is 0.477 e. The van der Waals surface area contributed by atoms with Crippen LogP contribution in [0.4, 0.5) is 10.7 Å². The van der Waals surface area contributed by atoms with Crippen molar-refractivity contribution < 1.29 is 14.7 Å². The second kappa shape index (κ2) is 2.74. The van der Waals surface area contributed by atoms with Crippen LogP contribution in [0.25, 0.3) is 0 Å². The number of thiophene rings is 1. The first-order chi connectivity index (χ1) is 6.16. The summed E-state index contributed by atoms with van der Waals surface area (Å²) in [5.74, 6) is -1.13. The molecule has 5 nitrogen and oxygen atoms in total. The minimum absolute atomic E-state index is 0.151. The molecule has 68 valence electrons. The smallest absolute Gasteiger partial charge is 0.346 e. The second-order valence-corrected chi connectivity index (χ2v) is 3.61. The van der Waals surface area contributed by atoms with Crippen LogP contribution in [0, 0.1) is 0 Å². The molecule has 1 aromatic rings. The van der Waals surface area contributed by atoms with Gasteiger partial charge in [-0.2, -0.15) is 0 Å². The molecular weight excluding hydrogens is 192 g/mol. The highest BCUT2D eigenvalue weighted by Crippen LogP contribution is 2.34. The van der Waals surface area contributed by atoms with E-state index in [0.717, 1.165) is 11.3 Å². The lowest BCUT2D eigenvalue weighted by molar-refractivity contribution is -0.114. The van der Waals surface area contributed by atoms with Crippen molar-refractivity contribution in [2.45, 2.75) is 0 Å². The zero-order valence-corrected chi connectivity index (χ0v) is 7.27. The molecule has 0 aromatic carbocycles. The van der Waals surface area contributed by atoms with Crippen molar-refractivity contribution in [1.82, 2.24) is 0 Å². The Balaban J connectivity index is 2.39. The van der Waals surface area contributed by atoms with E-state index in [1.54, 1.807) is 0 Å². The maximum Gasteiger partial charge on any atom is 0.346 e. The topological polar surface area (TPSA) is 78.4 Å². The summed E-state index contributed by atoms with van der Waals surface area (Å²) in [4.78, 5) is 21.7. The highest BCUT2D eigenvalue weighted by atomic mass is 32.1. The molecule has 0 saturated heterocycles. The Morgan fingerprint density at radius 2 is 2.38 bits per heavy atom. The van der Waals surface area contributed by atoms with Gasteiger partial charge in [0.1, 0.15) is 9.88 Å². The van der Waals surface area contributed by atoms with Crippen molar-refractivity contribution in [1.29, 1.82) is 0 Å². The van der Waals surface area contributed by atoms with Gasteiger partial charge in [0.15, 0.2) is 0 Å². The van der Waals surface area contributed by atoms with Crippen LogP contribution < -0.4 is 10.6 Å². The maximum atomic E-state index is 10.9. The summed E-state index contributed by atoms with van der Waals surface area (Å²) in [5, 5.41) is 14.8. The third kappa shape index (κ3) is 1.35. The molecule has 0 fully saturated rings. The standard InChI is InChI=1S/C7H6N2O3S/c10-5-2-8-6-3(9-5)1-4(13-6)7(11)12/h1,8H,2H2,(H,9,10)(H,11,12). The average molecular weight is 198 g/mol. The van der Waals surface area contributed by atoms with E-state index in [1.807, 2.05) is 0 Å². The van der Waals surface area contributed by atoms with Crippen molar-refractivity contribution >= 4 is 33.9 Å². The zero-order valence-electron chi connectivity index (χ0n) is 6.46. The Kier molecular flexibility index (Phi) is 1.70. The van der Waals surface area contributed by atoms with E-state index in [4.69, 9.17) is 5.11 Å². The number of amides is 1. The van der Waals surface area contributed by atoms with Crippen molar-refractivity contribution in [3.63, 3.8) is 0 Å². The second-order valence-electron chi connectivity index (χ2n) is 2.56. The molecule has 3 N–H and O–H groups in total. The number of anilines is 2. The van der Waals surface area contributed by atoms with Gasteiger partial charge < -0.3 is 15.7 Å². The van der Waals surface area contributed by atoms with E-state index >= 15 is 0 Å². The minimum atomic E-state index is -0.976. The SMILES string of the molecule is O=C1CNc2sc(C(=O)O)cc2N1. The van der Waals surface area contributed by atoms with Crippen LogP contribution in [-0.2, 0) is 4.79 Å². The number of fused-ring (bicyclic) bond motifs is 1. The van der Waals surface area contributed by atoms with Crippen LogP contribution in [0.2, 0.25) is 0 Å². The summed E-state index contributed by atoms with van der Waals surface area (Å²) in [7, 11) is 0. The Bertz CT molecular complexity index is 385. The van der Waals surface area contributed by atoms with Gasteiger partial charge in [-0.15, -0.1) is 11.3 Å². The highest BCUT2D eigenvalue weighted by molar-refractivity contribution is 7.18. The molecule has 0 aliphatic carbocycles. The van der Waals surface area contributed by atoms with Gasteiger partial charge in [-0.25, -0.2) is 4.79 Å². The van der Waals surface area contributed by atoms with Crippen LogP contribution in [0.3, 0.4) is 0 Å². The number of carboxylic acids is 1. The first-order valence-corrected chi connectivity index (χ1v) is 4.39. The lowest BCUT2D eigenvalue weighted by Gasteiger charge is -2.13. The maximum absolute atomic E-state index is 10.9. The highest BCUT2D eigenvalue weighted by Gasteiger charge is 2.19. The van der Waals surface area contributed by atoms with Crippen LogP contribution in [0.5, 0.6) is 0 Å². The van der Waals surface area contributed by atoms with E-state index < -0.39 is 5.97 Å². The van der Waals surface area contributed by atoms with Crippen LogP contribution in [0.1, 0.15) is 9.67 Å². The van der Waals surface area contributed by atoms with Crippen molar-refractivity contribution in [2.24, 2.45) is 0 Å². The van der Waals surface area contributed by atoms with Gasteiger partial charge in [-0.1, -0.05) is 0 Å². The van der Waals surface area contributed by atoms with Crippen LogP contribution in [0.15, 0.2) is 6.07 Å². The molecule has 1 aromatic heterocycles. The van der Waals surface area contributed by atoms with E-state index in [1.165, 1.54) is 6.07 Å². The Labute approximate surface area is 77.4 Å². The van der Waals surface area contributed by atoms with Gasteiger partial charge in [0.2, 0.25) is 5.91 Å². The number of carboxylic acid groups (broad SMARTS) is 1. The molecule has 0 saturated carbocycles. The van der Waals surface area contributed by atoms with Gasteiger partial charge in [0.25, 0.3) is 0 Å². The molecule has 0 atom stereocenters. The summed E-state index contributed by atoms with van der Waals surface area (Å²) >= 11 is 1.12. The van der Waals surface area contributed by atoms with Gasteiger partial charge in [-0.3, -0.25) is 4.79 Å². The van der Waals surface area contributed by atoms with E-state index in [-0.39, 0.29) is 17.3 Å². The third-order valence-electron chi connectivity index (χ3n) is 1.63. The Morgan fingerprint density at radius 3 is 3.08 bits per heavy atom. The van der Waals surface area contributed by atoms with Crippen molar-refractivity contribution in [3.8, 4) is 0 Å². The molecule has 0 spiro atoms. The van der Waals surface area contributed by atoms with E-state index in [9.17, 15) is 9.59 Å². The van der Waals surface area contributed by atoms with Gasteiger partial charge >= 0.3 is 5.97 Å². The molecule has 0 bridgehead atoms. The molecule has 1 aliphatic rings. The zero-order chi connectivity index (χ0) is 9.42. The van der Waals surface area contributed by atoms with Crippen molar-refractivity contribution in [2.75, 3.05) is 17.2 Å². The van der Waals surface area contributed by atoms with Gasteiger partial charge in [0.05, 0.1) is 12.2 Å². The van der Waals surface area contributed by atoms with Crippen LogP contribution >= 0.6 is 11.3 Å². The molecule has 2 heterocycles. The molecule has 0 radical (unpaired) electrons. The molecular formula is C7H6N2O3S. The number of hydrogen-bond acceptors (Lipinski definition) is 4. The molecule has 6 heteroatoms. The number of rotatable bonds is 1. The Morgan fingerprint density at radius 1 is 1.62 bits per heavy atom. The van der Waals surface area contributed by atoms with Gasteiger partial charge in [0, 0.05) is 0 Å². The summed E-state index contributed by atoms with van der Waals surface area (Å²) in [6, 6.07) is 1.45. The minimum Gasteiger partial charge on any atom is -0.477 e. The van der Waals surface area contributed by atoms with Crippen LogP contribution in [-0.4, -0.2) is 23.5 Å². The lowest BCUT2D eigenvalue weighted by Crippen LogP contribution is -2.26. The van der Waals surface area contributed by atoms with Gasteiger partial charge in [-0.05, 0) is 6.07 Å². The summed E-state index contributed by atoms with van der Waals surface area (Å²) in [6.45, 7) is 0.201. The van der Waals surface area contributed by atoms with E-state index in [0.29, 0.717) is 10.7 Å². The number of carbonyl (C=O) groups excluding carboxylic acids is 1. The molecule has 1 amide bonds. The van der Waals surface area contributed by atoms with Crippen molar-refractivity contribution in [3.05, 3.63) is 10.9 Å². The number of hydrogen-bond donors (Lipinski definition) is 3.